The lowest BCUT2D eigenvalue weighted by molar-refractivity contribution is 0.354. The molecule has 1 fully saturated rings. The van der Waals surface area contributed by atoms with Crippen LogP contribution < -0.4 is 5.73 Å². The van der Waals surface area contributed by atoms with Gasteiger partial charge in [0, 0.05) is 5.92 Å². The van der Waals surface area contributed by atoms with Gasteiger partial charge in [-0.1, -0.05) is 12.1 Å². The van der Waals surface area contributed by atoms with Crippen LogP contribution in [-0.2, 0) is 0 Å². The summed E-state index contributed by atoms with van der Waals surface area (Å²) in [6, 6.07) is -0.157. The Kier molecular flexibility index (Phi) is 2.54. The SMILES string of the molecule is CC1CCC(c2noc(C(C)N)n2)C1. The zero-order valence-corrected chi connectivity index (χ0v) is 8.73. The van der Waals surface area contributed by atoms with Gasteiger partial charge in [-0.2, -0.15) is 4.98 Å². The van der Waals surface area contributed by atoms with E-state index in [9.17, 15) is 0 Å². The second kappa shape index (κ2) is 3.69. The van der Waals surface area contributed by atoms with Crippen molar-refractivity contribution in [3.63, 3.8) is 0 Å². The maximum atomic E-state index is 5.66. The summed E-state index contributed by atoms with van der Waals surface area (Å²) in [7, 11) is 0. The third-order valence-electron chi connectivity index (χ3n) is 2.91. The summed E-state index contributed by atoms with van der Waals surface area (Å²) >= 11 is 0. The van der Waals surface area contributed by atoms with Crippen molar-refractivity contribution in [2.24, 2.45) is 11.7 Å². The normalized spacial score (nSPS) is 29.4. The van der Waals surface area contributed by atoms with E-state index in [2.05, 4.69) is 17.1 Å². The largest absolute Gasteiger partial charge is 0.338 e. The lowest BCUT2D eigenvalue weighted by Gasteiger charge is -2.01. The molecule has 1 saturated carbocycles. The molecular formula is C10H17N3O. The molecule has 0 bridgehead atoms. The fraction of sp³-hybridized carbons (Fsp3) is 0.800. The van der Waals surface area contributed by atoms with Gasteiger partial charge in [-0.25, -0.2) is 0 Å². The highest BCUT2D eigenvalue weighted by molar-refractivity contribution is 5.00. The van der Waals surface area contributed by atoms with Gasteiger partial charge in [0.05, 0.1) is 6.04 Å². The number of hydrogen-bond acceptors (Lipinski definition) is 4. The molecule has 78 valence electrons. The summed E-state index contributed by atoms with van der Waals surface area (Å²) < 4.78 is 5.09. The lowest BCUT2D eigenvalue weighted by Crippen LogP contribution is -2.05. The standard InChI is InChI=1S/C10H17N3O/c1-6-3-4-8(5-6)9-12-10(7(2)11)14-13-9/h6-8H,3-5,11H2,1-2H3. The molecule has 0 aromatic carbocycles. The van der Waals surface area contributed by atoms with E-state index >= 15 is 0 Å². The quantitative estimate of drug-likeness (QED) is 0.783. The summed E-state index contributed by atoms with van der Waals surface area (Å²) in [5, 5.41) is 3.99. The summed E-state index contributed by atoms with van der Waals surface area (Å²) in [6.07, 6.45) is 3.63. The Labute approximate surface area is 83.9 Å². The van der Waals surface area contributed by atoms with Crippen LogP contribution in [0.25, 0.3) is 0 Å². The van der Waals surface area contributed by atoms with Gasteiger partial charge in [-0.3, -0.25) is 0 Å². The Morgan fingerprint density at radius 2 is 2.29 bits per heavy atom. The van der Waals surface area contributed by atoms with Crippen LogP contribution in [0.4, 0.5) is 0 Å². The van der Waals surface area contributed by atoms with E-state index in [0.29, 0.717) is 11.8 Å². The molecule has 1 aliphatic rings. The fourth-order valence-electron chi connectivity index (χ4n) is 2.04. The first-order valence-electron chi connectivity index (χ1n) is 5.26. The van der Waals surface area contributed by atoms with Crippen LogP contribution in [0.3, 0.4) is 0 Å². The molecule has 4 heteroatoms. The van der Waals surface area contributed by atoms with Crippen molar-refractivity contribution in [3.05, 3.63) is 11.7 Å². The summed E-state index contributed by atoms with van der Waals surface area (Å²) in [6.45, 7) is 4.13. The monoisotopic (exact) mass is 195 g/mol. The molecule has 0 aliphatic heterocycles. The van der Waals surface area contributed by atoms with E-state index in [-0.39, 0.29) is 6.04 Å². The van der Waals surface area contributed by atoms with Crippen molar-refractivity contribution < 1.29 is 4.52 Å². The molecule has 0 spiro atoms. The van der Waals surface area contributed by atoms with Gasteiger partial charge in [-0.15, -0.1) is 0 Å². The van der Waals surface area contributed by atoms with Gasteiger partial charge in [0.15, 0.2) is 5.82 Å². The third kappa shape index (κ3) is 1.80. The predicted octanol–water partition coefficient (Wildman–Crippen LogP) is 1.99. The van der Waals surface area contributed by atoms with Crippen LogP contribution in [0.5, 0.6) is 0 Å². The Hall–Kier alpha value is -0.900. The fourth-order valence-corrected chi connectivity index (χ4v) is 2.04. The second-order valence-electron chi connectivity index (χ2n) is 4.39. The van der Waals surface area contributed by atoms with Crippen LogP contribution >= 0.6 is 0 Å². The molecule has 1 aliphatic carbocycles. The van der Waals surface area contributed by atoms with Crippen LogP contribution in [0.2, 0.25) is 0 Å². The number of nitrogens with zero attached hydrogens (tertiary/aromatic N) is 2. The lowest BCUT2D eigenvalue weighted by atomic mass is 10.1. The highest BCUT2D eigenvalue weighted by Gasteiger charge is 2.27. The van der Waals surface area contributed by atoms with E-state index in [1.54, 1.807) is 0 Å². The topological polar surface area (TPSA) is 64.9 Å². The van der Waals surface area contributed by atoms with Gasteiger partial charge in [0.1, 0.15) is 0 Å². The highest BCUT2D eigenvalue weighted by atomic mass is 16.5. The van der Waals surface area contributed by atoms with Crippen LogP contribution in [-0.4, -0.2) is 10.1 Å². The Morgan fingerprint density at radius 3 is 2.79 bits per heavy atom. The maximum absolute atomic E-state index is 5.66. The molecule has 1 heterocycles. The second-order valence-corrected chi connectivity index (χ2v) is 4.39. The number of nitrogens with two attached hydrogens (primary N) is 1. The molecule has 0 radical (unpaired) electrons. The summed E-state index contributed by atoms with van der Waals surface area (Å²) in [4.78, 5) is 4.32. The van der Waals surface area contributed by atoms with Crippen molar-refractivity contribution in [2.45, 2.75) is 45.1 Å². The van der Waals surface area contributed by atoms with Gasteiger partial charge in [0.2, 0.25) is 5.89 Å². The zero-order valence-electron chi connectivity index (χ0n) is 8.73. The van der Waals surface area contributed by atoms with E-state index in [1.165, 1.54) is 19.3 Å². The van der Waals surface area contributed by atoms with Crippen molar-refractivity contribution in [1.82, 2.24) is 10.1 Å². The molecule has 4 nitrogen and oxygen atoms in total. The van der Waals surface area contributed by atoms with Gasteiger partial charge in [-0.05, 0) is 32.1 Å². The average Bonchev–Trinajstić information content (AvgIpc) is 2.70. The van der Waals surface area contributed by atoms with Crippen LogP contribution in [0.1, 0.15) is 56.8 Å². The van der Waals surface area contributed by atoms with E-state index in [1.807, 2.05) is 6.92 Å². The molecule has 1 aromatic heterocycles. The summed E-state index contributed by atoms with van der Waals surface area (Å²) in [5.41, 5.74) is 5.66. The smallest absolute Gasteiger partial charge is 0.243 e. The zero-order chi connectivity index (χ0) is 10.1. The van der Waals surface area contributed by atoms with Crippen molar-refractivity contribution in [2.75, 3.05) is 0 Å². The first-order valence-corrected chi connectivity index (χ1v) is 5.26. The Balaban J connectivity index is 2.09. The molecule has 3 unspecified atom stereocenters. The minimum atomic E-state index is -0.157. The molecular weight excluding hydrogens is 178 g/mol. The first-order chi connectivity index (χ1) is 6.66. The van der Waals surface area contributed by atoms with Crippen molar-refractivity contribution in [3.8, 4) is 0 Å². The number of aromatic nitrogens is 2. The minimum absolute atomic E-state index is 0.157. The van der Waals surface area contributed by atoms with Crippen molar-refractivity contribution in [1.29, 1.82) is 0 Å². The third-order valence-corrected chi connectivity index (χ3v) is 2.91. The van der Waals surface area contributed by atoms with Crippen molar-refractivity contribution >= 4 is 0 Å². The summed E-state index contributed by atoms with van der Waals surface area (Å²) in [5.74, 6) is 2.68. The van der Waals surface area contributed by atoms with Gasteiger partial charge < -0.3 is 10.3 Å². The van der Waals surface area contributed by atoms with Gasteiger partial charge >= 0.3 is 0 Å². The molecule has 1 aromatic rings. The minimum Gasteiger partial charge on any atom is -0.338 e. The molecule has 14 heavy (non-hydrogen) atoms. The maximum Gasteiger partial charge on any atom is 0.243 e. The van der Waals surface area contributed by atoms with E-state index in [4.69, 9.17) is 10.3 Å². The van der Waals surface area contributed by atoms with Crippen LogP contribution in [0, 0.1) is 5.92 Å². The first kappa shape index (κ1) is 9.65. The number of hydrogen-bond donors (Lipinski definition) is 1. The Morgan fingerprint density at radius 1 is 1.50 bits per heavy atom. The molecule has 3 atom stereocenters. The average molecular weight is 195 g/mol. The molecule has 0 amide bonds. The Bertz CT molecular complexity index is 308. The van der Waals surface area contributed by atoms with E-state index in [0.717, 1.165) is 11.7 Å². The number of rotatable bonds is 2. The molecule has 2 N–H and O–H groups in total. The van der Waals surface area contributed by atoms with E-state index < -0.39 is 0 Å². The molecule has 2 rings (SSSR count). The van der Waals surface area contributed by atoms with Gasteiger partial charge in [0.25, 0.3) is 0 Å². The highest BCUT2D eigenvalue weighted by Crippen LogP contribution is 2.36. The predicted molar refractivity (Wildman–Crippen MR) is 52.7 cm³/mol. The molecule has 0 saturated heterocycles. The van der Waals surface area contributed by atoms with Crippen LogP contribution in [0.15, 0.2) is 4.52 Å².